The Morgan fingerprint density at radius 1 is 1.31 bits per heavy atom. The van der Waals surface area contributed by atoms with Crippen LogP contribution in [0.4, 0.5) is 0 Å². The van der Waals surface area contributed by atoms with Crippen LogP contribution in [-0.4, -0.2) is 62.2 Å². The SMILES string of the molecule is CC(C)CNCCCN1CCN(C)CC1C. The fraction of sp³-hybridized carbons (Fsp3) is 1.00. The molecule has 1 saturated heterocycles. The molecule has 1 aliphatic rings. The molecule has 0 amide bonds. The van der Waals surface area contributed by atoms with Crippen molar-refractivity contribution in [1.82, 2.24) is 15.1 Å². The molecule has 0 aliphatic carbocycles. The van der Waals surface area contributed by atoms with Crippen LogP contribution in [0, 0.1) is 5.92 Å². The Labute approximate surface area is 101 Å². The third-order valence-electron chi connectivity index (χ3n) is 3.32. The maximum Gasteiger partial charge on any atom is 0.0195 e. The number of hydrogen-bond acceptors (Lipinski definition) is 3. The summed E-state index contributed by atoms with van der Waals surface area (Å²) in [6, 6.07) is 0.726. The van der Waals surface area contributed by atoms with Gasteiger partial charge in [0.05, 0.1) is 0 Å². The lowest BCUT2D eigenvalue weighted by Gasteiger charge is -2.38. The summed E-state index contributed by atoms with van der Waals surface area (Å²) in [5.74, 6) is 0.766. The molecule has 1 N–H and O–H groups in total. The third kappa shape index (κ3) is 5.28. The number of rotatable bonds is 6. The van der Waals surface area contributed by atoms with Crippen molar-refractivity contribution in [2.45, 2.75) is 33.2 Å². The highest BCUT2D eigenvalue weighted by molar-refractivity contribution is 4.77. The molecule has 0 aromatic heterocycles. The van der Waals surface area contributed by atoms with E-state index in [4.69, 9.17) is 0 Å². The van der Waals surface area contributed by atoms with Crippen molar-refractivity contribution in [3.63, 3.8) is 0 Å². The summed E-state index contributed by atoms with van der Waals surface area (Å²) in [7, 11) is 2.22. The van der Waals surface area contributed by atoms with Crippen LogP contribution in [-0.2, 0) is 0 Å². The Hall–Kier alpha value is -0.120. The molecule has 16 heavy (non-hydrogen) atoms. The molecule has 3 nitrogen and oxygen atoms in total. The minimum Gasteiger partial charge on any atom is -0.316 e. The smallest absolute Gasteiger partial charge is 0.0195 e. The maximum atomic E-state index is 3.51. The van der Waals surface area contributed by atoms with E-state index in [1.807, 2.05) is 0 Å². The first kappa shape index (κ1) is 13.9. The van der Waals surface area contributed by atoms with E-state index >= 15 is 0 Å². The molecule has 0 radical (unpaired) electrons. The summed E-state index contributed by atoms with van der Waals surface area (Å²) in [5.41, 5.74) is 0. The molecular weight excluding hydrogens is 198 g/mol. The summed E-state index contributed by atoms with van der Waals surface area (Å²) >= 11 is 0. The van der Waals surface area contributed by atoms with Crippen LogP contribution >= 0.6 is 0 Å². The molecule has 1 rings (SSSR count). The van der Waals surface area contributed by atoms with Gasteiger partial charge in [-0.15, -0.1) is 0 Å². The minimum absolute atomic E-state index is 0.726. The Morgan fingerprint density at radius 3 is 2.69 bits per heavy atom. The predicted molar refractivity (Wildman–Crippen MR) is 70.9 cm³/mol. The van der Waals surface area contributed by atoms with E-state index in [2.05, 4.69) is 42.9 Å². The summed E-state index contributed by atoms with van der Waals surface area (Å²) in [6.45, 7) is 14.1. The van der Waals surface area contributed by atoms with Crippen molar-refractivity contribution in [2.75, 3.05) is 46.3 Å². The Bertz CT molecular complexity index is 182. The highest BCUT2D eigenvalue weighted by Crippen LogP contribution is 2.07. The number of hydrogen-bond donors (Lipinski definition) is 1. The van der Waals surface area contributed by atoms with Gasteiger partial charge in [-0.05, 0) is 45.9 Å². The molecule has 0 aromatic carbocycles. The summed E-state index contributed by atoms with van der Waals surface area (Å²) in [6.07, 6.45) is 1.28. The number of nitrogens with one attached hydrogen (secondary N) is 1. The fourth-order valence-corrected chi connectivity index (χ4v) is 2.31. The van der Waals surface area contributed by atoms with Crippen molar-refractivity contribution in [3.05, 3.63) is 0 Å². The summed E-state index contributed by atoms with van der Waals surface area (Å²) in [5, 5.41) is 3.51. The van der Waals surface area contributed by atoms with Gasteiger partial charge in [0.25, 0.3) is 0 Å². The Balaban J connectivity index is 2.04. The monoisotopic (exact) mass is 227 g/mol. The first-order valence-corrected chi connectivity index (χ1v) is 6.73. The lowest BCUT2D eigenvalue weighted by atomic mass is 10.2. The molecule has 0 aromatic rings. The molecule has 3 heteroatoms. The minimum atomic E-state index is 0.726. The van der Waals surface area contributed by atoms with Crippen LogP contribution in [0.5, 0.6) is 0 Å². The molecule has 0 spiro atoms. The predicted octanol–water partition coefficient (Wildman–Crippen LogP) is 1.26. The second-order valence-corrected chi connectivity index (χ2v) is 5.60. The highest BCUT2D eigenvalue weighted by atomic mass is 15.3. The second kappa shape index (κ2) is 7.25. The van der Waals surface area contributed by atoms with Gasteiger partial charge in [-0.1, -0.05) is 13.8 Å². The van der Waals surface area contributed by atoms with Gasteiger partial charge in [-0.3, -0.25) is 4.90 Å². The van der Waals surface area contributed by atoms with Crippen molar-refractivity contribution >= 4 is 0 Å². The lowest BCUT2D eigenvalue weighted by Crippen LogP contribution is -2.50. The van der Waals surface area contributed by atoms with Gasteiger partial charge >= 0.3 is 0 Å². The lowest BCUT2D eigenvalue weighted by molar-refractivity contribution is 0.0991. The fourth-order valence-electron chi connectivity index (χ4n) is 2.31. The van der Waals surface area contributed by atoms with Crippen LogP contribution in [0.2, 0.25) is 0 Å². The molecule has 1 heterocycles. The molecule has 1 fully saturated rings. The first-order valence-electron chi connectivity index (χ1n) is 6.73. The average Bonchev–Trinajstić information content (AvgIpc) is 2.20. The van der Waals surface area contributed by atoms with E-state index in [9.17, 15) is 0 Å². The molecule has 0 saturated carbocycles. The van der Waals surface area contributed by atoms with E-state index in [0.29, 0.717) is 0 Å². The van der Waals surface area contributed by atoms with E-state index in [1.165, 1.54) is 32.6 Å². The Morgan fingerprint density at radius 2 is 2.06 bits per heavy atom. The van der Waals surface area contributed by atoms with Gasteiger partial charge in [0.1, 0.15) is 0 Å². The molecule has 0 bridgehead atoms. The third-order valence-corrected chi connectivity index (χ3v) is 3.32. The Kier molecular flexibility index (Phi) is 6.32. The number of nitrogens with zero attached hydrogens (tertiary/aromatic N) is 2. The topological polar surface area (TPSA) is 18.5 Å². The zero-order valence-electron chi connectivity index (χ0n) is 11.5. The maximum absolute atomic E-state index is 3.51. The van der Waals surface area contributed by atoms with E-state index in [-0.39, 0.29) is 0 Å². The normalized spacial score (nSPS) is 24.2. The van der Waals surface area contributed by atoms with Gasteiger partial charge in [-0.25, -0.2) is 0 Å². The van der Waals surface area contributed by atoms with Crippen molar-refractivity contribution < 1.29 is 0 Å². The number of piperazine rings is 1. The van der Waals surface area contributed by atoms with Crippen LogP contribution in [0.3, 0.4) is 0 Å². The largest absolute Gasteiger partial charge is 0.316 e. The van der Waals surface area contributed by atoms with Gasteiger partial charge in [-0.2, -0.15) is 0 Å². The van der Waals surface area contributed by atoms with Gasteiger partial charge in [0, 0.05) is 25.7 Å². The van der Waals surface area contributed by atoms with Crippen LogP contribution in [0.25, 0.3) is 0 Å². The number of likely N-dealkylation sites (N-methyl/N-ethyl adjacent to an activating group) is 1. The van der Waals surface area contributed by atoms with E-state index in [1.54, 1.807) is 0 Å². The van der Waals surface area contributed by atoms with Gasteiger partial charge in [0.2, 0.25) is 0 Å². The first-order chi connectivity index (χ1) is 7.59. The zero-order chi connectivity index (χ0) is 12.0. The molecule has 1 atom stereocenters. The molecule has 96 valence electrons. The van der Waals surface area contributed by atoms with Crippen molar-refractivity contribution in [1.29, 1.82) is 0 Å². The summed E-state index contributed by atoms with van der Waals surface area (Å²) < 4.78 is 0. The molecule has 1 unspecified atom stereocenters. The highest BCUT2D eigenvalue weighted by Gasteiger charge is 2.20. The van der Waals surface area contributed by atoms with E-state index < -0.39 is 0 Å². The molecule has 1 aliphatic heterocycles. The van der Waals surface area contributed by atoms with E-state index in [0.717, 1.165) is 25.0 Å². The second-order valence-electron chi connectivity index (χ2n) is 5.60. The standard InChI is InChI=1S/C13H29N3/c1-12(2)10-14-6-5-7-16-9-8-15(4)11-13(16)3/h12-14H,5-11H2,1-4H3. The van der Waals surface area contributed by atoms with Crippen LogP contribution in [0.15, 0.2) is 0 Å². The van der Waals surface area contributed by atoms with Crippen molar-refractivity contribution in [2.24, 2.45) is 5.92 Å². The van der Waals surface area contributed by atoms with Crippen LogP contribution in [0.1, 0.15) is 27.2 Å². The van der Waals surface area contributed by atoms with Crippen molar-refractivity contribution in [3.8, 4) is 0 Å². The zero-order valence-corrected chi connectivity index (χ0v) is 11.5. The summed E-state index contributed by atoms with van der Waals surface area (Å²) in [4.78, 5) is 5.05. The van der Waals surface area contributed by atoms with Crippen LogP contribution < -0.4 is 5.32 Å². The average molecular weight is 227 g/mol. The quantitative estimate of drug-likeness (QED) is 0.689. The molecular formula is C13H29N3. The van der Waals surface area contributed by atoms with Gasteiger partial charge < -0.3 is 10.2 Å². The van der Waals surface area contributed by atoms with Gasteiger partial charge in [0.15, 0.2) is 0 Å².